The predicted molar refractivity (Wildman–Crippen MR) is 59.9 cm³/mol. The Hall–Kier alpha value is -0.760. The van der Waals surface area contributed by atoms with Gasteiger partial charge in [0.15, 0.2) is 0 Å². The molecule has 2 nitrogen and oxygen atoms in total. The SMILES string of the molecule is CCC1(O)CCCc2oc(C(C)C)cc21. The van der Waals surface area contributed by atoms with Crippen LogP contribution in [0, 0.1) is 0 Å². The first-order valence-electron chi connectivity index (χ1n) is 5.92. The van der Waals surface area contributed by atoms with E-state index < -0.39 is 5.60 Å². The van der Waals surface area contributed by atoms with E-state index in [2.05, 4.69) is 19.9 Å². The van der Waals surface area contributed by atoms with Crippen molar-refractivity contribution < 1.29 is 9.52 Å². The minimum absolute atomic E-state index is 0.400. The van der Waals surface area contributed by atoms with Gasteiger partial charge in [-0.2, -0.15) is 0 Å². The van der Waals surface area contributed by atoms with Crippen LogP contribution in [0.2, 0.25) is 0 Å². The molecule has 0 aromatic carbocycles. The summed E-state index contributed by atoms with van der Waals surface area (Å²) in [6, 6.07) is 2.06. The lowest BCUT2D eigenvalue weighted by molar-refractivity contribution is 0.0127. The molecule has 0 aliphatic heterocycles. The zero-order valence-corrected chi connectivity index (χ0v) is 9.84. The Bertz CT molecular complexity index is 351. The number of furan rings is 1. The Morgan fingerprint density at radius 3 is 2.87 bits per heavy atom. The summed E-state index contributed by atoms with van der Waals surface area (Å²) in [5, 5.41) is 10.5. The van der Waals surface area contributed by atoms with Gasteiger partial charge in [-0.25, -0.2) is 0 Å². The average molecular weight is 208 g/mol. The highest BCUT2D eigenvalue weighted by atomic mass is 16.3. The van der Waals surface area contributed by atoms with Gasteiger partial charge < -0.3 is 9.52 Å². The summed E-state index contributed by atoms with van der Waals surface area (Å²) in [5.41, 5.74) is 0.407. The van der Waals surface area contributed by atoms with E-state index in [9.17, 15) is 5.11 Å². The Labute approximate surface area is 91.3 Å². The van der Waals surface area contributed by atoms with Crippen molar-refractivity contribution in [3.8, 4) is 0 Å². The fraction of sp³-hybridized carbons (Fsp3) is 0.692. The number of hydrogen-bond donors (Lipinski definition) is 1. The highest BCUT2D eigenvalue weighted by Gasteiger charge is 2.35. The Kier molecular flexibility index (Phi) is 2.63. The quantitative estimate of drug-likeness (QED) is 0.808. The van der Waals surface area contributed by atoms with Crippen molar-refractivity contribution in [3.05, 3.63) is 23.2 Å². The van der Waals surface area contributed by atoms with E-state index >= 15 is 0 Å². The van der Waals surface area contributed by atoms with Crippen LogP contribution in [-0.2, 0) is 12.0 Å². The van der Waals surface area contributed by atoms with Gasteiger partial charge in [-0.3, -0.25) is 0 Å². The third-order valence-electron chi connectivity index (χ3n) is 3.48. The largest absolute Gasteiger partial charge is 0.465 e. The van der Waals surface area contributed by atoms with Gasteiger partial charge in [0.25, 0.3) is 0 Å². The second-order valence-corrected chi connectivity index (χ2v) is 4.88. The molecule has 1 unspecified atom stereocenters. The van der Waals surface area contributed by atoms with Crippen molar-refractivity contribution in [3.63, 3.8) is 0 Å². The molecule has 1 aliphatic carbocycles. The van der Waals surface area contributed by atoms with E-state index in [1.807, 2.05) is 6.92 Å². The molecule has 0 spiro atoms. The molecule has 1 atom stereocenters. The van der Waals surface area contributed by atoms with Gasteiger partial charge in [-0.05, 0) is 25.3 Å². The maximum Gasteiger partial charge on any atom is 0.110 e. The topological polar surface area (TPSA) is 33.4 Å². The zero-order valence-electron chi connectivity index (χ0n) is 9.84. The maximum atomic E-state index is 10.5. The third-order valence-corrected chi connectivity index (χ3v) is 3.48. The lowest BCUT2D eigenvalue weighted by Gasteiger charge is -2.30. The zero-order chi connectivity index (χ0) is 11.1. The third kappa shape index (κ3) is 1.71. The summed E-state index contributed by atoms with van der Waals surface area (Å²) >= 11 is 0. The molecule has 1 aromatic heterocycles. The standard InChI is InChI=1S/C13H20O2/c1-4-13(14)7-5-6-11-10(13)8-12(15-11)9(2)3/h8-9,14H,4-7H2,1-3H3. The van der Waals surface area contributed by atoms with E-state index in [0.717, 1.165) is 42.8 Å². The molecule has 0 bridgehead atoms. The monoisotopic (exact) mass is 208 g/mol. The summed E-state index contributed by atoms with van der Waals surface area (Å²) in [7, 11) is 0. The first kappa shape index (κ1) is 10.7. The molecule has 15 heavy (non-hydrogen) atoms. The first-order valence-corrected chi connectivity index (χ1v) is 5.92. The highest BCUT2D eigenvalue weighted by Crippen LogP contribution is 2.40. The average Bonchev–Trinajstić information content (AvgIpc) is 2.63. The summed E-state index contributed by atoms with van der Waals surface area (Å²) in [6.07, 6.45) is 3.65. The van der Waals surface area contributed by atoms with Crippen LogP contribution >= 0.6 is 0 Å². The van der Waals surface area contributed by atoms with Crippen molar-refractivity contribution in [2.24, 2.45) is 0 Å². The van der Waals surface area contributed by atoms with Crippen LogP contribution in [0.15, 0.2) is 10.5 Å². The van der Waals surface area contributed by atoms with Crippen molar-refractivity contribution in [1.29, 1.82) is 0 Å². The molecular weight excluding hydrogens is 188 g/mol. The van der Waals surface area contributed by atoms with Gasteiger partial charge in [-0.15, -0.1) is 0 Å². The Morgan fingerprint density at radius 2 is 2.27 bits per heavy atom. The molecular formula is C13H20O2. The molecule has 0 saturated heterocycles. The van der Waals surface area contributed by atoms with Crippen molar-refractivity contribution in [2.45, 2.75) is 58.0 Å². The summed E-state index contributed by atoms with van der Waals surface area (Å²) in [6.45, 7) is 6.28. The van der Waals surface area contributed by atoms with Gasteiger partial charge >= 0.3 is 0 Å². The van der Waals surface area contributed by atoms with Crippen LogP contribution in [0.3, 0.4) is 0 Å². The lowest BCUT2D eigenvalue weighted by atomic mass is 9.81. The molecule has 1 aliphatic rings. The van der Waals surface area contributed by atoms with Gasteiger partial charge in [-0.1, -0.05) is 20.8 Å². The van der Waals surface area contributed by atoms with Crippen LogP contribution in [-0.4, -0.2) is 5.11 Å². The number of aryl methyl sites for hydroxylation is 1. The fourth-order valence-corrected chi connectivity index (χ4v) is 2.36. The minimum atomic E-state index is -0.635. The fourth-order valence-electron chi connectivity index (χ4n) is 2.36. The van der Waals surface area contributed by atoms with E-state index in [1.54, 1.807) is 0 Å². The molecule has 2 rings (SSSR count). The number of fused-ring (bicyclic) bond motifs is 1. The summed E-state index contributed by atoms with van der Waals surface area (Å²) < 4.78 is 5.80. The molecule has 1 N–H and O–H groups in total. The van der Waals surface area contributed by atoms with Crippen LogP contribution in [0.25, 0.3) is 0 Å². The van der Waals surface area contributed by atoms with E-state index in [0.29, 0.717) is 5.92 Å². The normalized spacial score (nSPS) is 25.7. The predicted octanol–water partition coefficient (Wildman–Crippen LogP) is 3.34. The lowest BCUT2D eigenvalue weighted by Crippen LogP contribution is -2.28. The molecule has 2 heteroatoms. The number of hydrogen-bond acceptors (Lipinski definition) is 2. The van der Waals surface area contributed by atoms with Crippen molar-refractivity contribution in [2.75, 3.05) is 0 Å². The first-order chi connectivity index (χ1) is 7.07. The van der Waals surface area contributed by atoms with Gasteiger partial charge in [0.2, 0.25) is 0 Å². The van der Waals surface area contributed by atoms with Crippen LogP contribution in [0.5, 0.6) is 0 Å². The van der Waals surface area contributed by atoms with Crippen LogP contribution in [0.1, 0.15) is 63.0 Å². The molecule has 1 aromatic rings. The summed E-state index contributed by atoms with van der Waals surface area (Å²) in [4.78, 5) is 0. The van der Waals surface area contributed by atoms with E-state index in [4.69, 9.17) is 4.42 Å². The van der Waals surface area contributed by atoms with Crippen molar-refractivity contribution >= 4 is 0 Å². The Balaban J connectivity index is 2.43. The second kappa shape index (κ2) is 3.67. The molecule has 1 heterocycles. The maximum absolute atomic E-state index is 10.5. The molecule has 0 amide bonds. The van der Waals surface area contributed by atoms with Gasteiger partial charge in [0.1, 0.15) is 11.5 Å². The molecule has 84 valence electrons. The highest BCUT2D eigenvalue weighted by molar-refractivity contribution is 5.31. The number of rotatable bonds is 2. The van der Waals surface area contributed by atoms with Gasteiger partial charge in [0, 0.05) is 17.9 Å². The molecule has 0 fully saturated rings. The minimum Gasteiger partial charge on any atom is -0.465 e. The van der Waals surface area contributed by atoms with Crippen LogP contribution in [0.4, 0.5) is 0 Å². The van der Waals surface area contributed by atoms with Crippen molar-refractivity contribution in [1.82, 2.24) is 0 Å². The molecule has 0 saturated carbocycles. The molecule has 0 radical (unpaired) electrons. The van der Waals surface area contributed by atoms with Crippen LogP contribution < -0.4 is 0 Å². The smallest absolute Gasteiger partial charge is 0.110 e. The second-order valence-electron chi connectivity index (χ2n) is 4.88. The summed E-state index contributed by atoms with van der Waals surface area (Å²) in [5.74, 6) is 2.42. The Morgan fingerprint density at radius 1 is 1.53 bits per heavy atom. The number of aliphatic hydroxyl groups is 1. The van der Waals surface area contributed by atoms with E-state index in [1.165, 1.54) is 0 Å². The van der Waals surface area contributed by atoms with E-state index in [-0.39, 0.29) is 0 Å². The van der Waals surface area contributed by atoms with Gasteiger partial charge in [0.05, 0.1) is 5.60 Å².